The SMILES string of the molecule is C[C@]12CCC(=O)C=C1CC[C@@H]1C2=CC[C@@]2(C)[C@H]1CCC[C@]2(O)C(=O)COC(=O)CCC(=O)O. The number of hydrogen-bond donors (Lipinski definition) is 2. The quantitative estimate of drug-likeness (QED) is 0.462. The van der Waals surface area contributed by atoms with Crippen LogP contribution in [0.25, 0.3) is 0 Å². The van der Waals surface area contributed by atoms with Gasteiger partial charge in [-0.15, -0.1) is 0 Å². The van der Waals surface area contributed by atoms with Crippen LogP contribution in [0, 0.1) is 22.7 Å². The van der Waals surface area contributed by atoms with E-state index in [2.05, 4.69) is 13.0 Å². The minimum atomic E-state index is -1.59. The molecule has 0 aliphatic heterocycles. The van der Waals surface area contributed by atoms with Crippen LogP contribution in [0.3, 0.4) is 0 Å². The van der Waals surface area contributed by atoms with E-state index in [1.807, 2.05) is 13.0 Å². The smallest absolute Gasteiger partial charge is 0.306 e. The normalized spacial score (nSPS) is 37.6. The average molecular weight is 459 g/mol. The number of fused-ring (bicyclic) bond motifs is 5. The number of Topliss-reactive ketones (excluding diaryl/α,β-unsaturated/α-hetero) is 1. The van der Waals surface area contributed by atoms with Crippen LogP contribution in [0.4, 0.5) is 0 Å². The zero-order valence-corrected chi connectivity index (χ0v) is 19.5. The molecule has 180 valence electrons. The topological polar surface area (TPSA) is 118 Å². The van der Waals surface area contributed by atoms with Gasteiger partial charge < -0.3 is 14.9 Å². The van der Waals surface area contributed by atoms with E-state index in [1.165, 1.54) is 11.1 Å². The van der Waals surface area contributed by atoms with Gasteiger partial charge in [0.25, 0.3) is 0 Å². The van der Waals surface area contributed by atoms with Crippen molar-refractivity contribution in [3.8, 4) is 0 Å². The third kappa shape index (κ3) is 3.88. The third-order valence-corrected chi connectivity index (χ3v) is 9.09. The van der Waals surface area contributed by atoms with E-state index in [-0.39, 0.29) is 35.9 Å². The minimum absolute atomic E-state index is 0.114. The van der Waals surface area contributed by atoms with Crippen LogP contribution < -0.4 is 0 Å². The molecule has 4 aliphatic rings. The Bertz CT molecular complexity index is 946. The first-order valence-corrected chi connectivity index (χ1v) is 12.1. The van der Waals surface area contributed by atoms with Gasteiger partial charge in [0.2, 0.25) is 5.78 Å². The fourth-order valence-electron chi connectivity index (χ4n) is 7.09. The number of aliphatic carboxylic acids is 1. The molecule has 33 heavy (non-hydrogen) atoms. The summed E-state index contributed by atoms with van der Waals surface area (Å²) < 4.78 is 5.03. The predicted octanol–water partition coefficient (Wildman–Crippen LogP) is 3.54. The van der Waals surface area contributed by atoms with Crippen molar-refractivity contribution in [2.45, 2.75) is 83.7 Å². The van der Waals surface area contributed by atoms with Crippen LogP contribution in [-0.2, 0) is 23.9 Å². The van der Waals surface area contributed by atoms with Crippen molar-refractivity contribution in [1.29, 1.82) is 0 Å². The molecule has 2 N–H and O–H groups in total. The van der Waals surface area contributed by atoms with Gasteiger partial charge >= 0.3 is 11.9 Å². The van der Waals surface area contributed by atoms with Crippen molar-refractivity contribution in [3.63, 3.8) is 0 Å². The van der Waals surface area contributed by atoms with Crippen molar-refractivity contribution in [3.05, 3.63) is 23.3 Å². The van der Waals surface area contributed by atoms with E-state index in [0.717, 1.165) is 32.1 Å². The molecule has 0 aromatic rings. The van der Waals surface area contributed by atoms with Gasteiger partial charge in [-0.2, -0.15) is 0 Å². The Hall–Kier alpha value is -2.28. The molecule has 0 amide bonds. The number of rotatable bonds is 6. The van der Waals surface area contributed by atoms with Crippen LogP contribution >= 0.6 is 0 Å². The van der Waals surface area contributed by atoms with Crippen molar-refractivity contribution in [2.24, 2.45) is 22.7 Å². The fraction of sp³-hybridized carbons (Fsp3) is 0.692. The molecule has 5 atom stereocenters. The monoisotopic (exact) mass is 458 g/mol. The molecule has 2 fully saturated rings. The molecule has 7 nitrogen and oxygen atoms in total. The molecule has 0 spiro atoms. The summed E-state index contributed by atoms with van der Waals surface area (Å²) >= 11 is 0. The fourth-order valence-corrected chi connectivity index (χ4v) is 7.09. The molecule has 4 rings (SSSR count). The lowest BCUT2D eigenvalue weighted by atomic mass is 9.45. The number of carbonyl (C=O) groups is 4. The lowest BCUT2D eigenvalue weighted by molar-refractivity contribution is -0.181. The molecule has 2 saturated carbocycles. The zero-order chi connectivity index (χ0) is 24.0. The summed E-state index contributed by atoms with van der Waals surface area (Å²) in [6, 6.07) is 0. The van der Waals surface area contributed by atoms with Crippen LogP contribution in [-0.4, -0.2) is 45.9 Å². The number of aliphatic hydroxyl groups is 1. The summed E-state index contributed by atoms with van der Waals surface area (Å²) in [4.78, 5) is 47.7. The molecule has 0 unspecified atom stereocenters. The highest BCUT2D eigenvalue weighted by Gasteiger charge is 2.62. The molecular formula is C26H34O7. The maximum atomic E-state index is 13.2. The summed E-state index contributed by atoms with van der Waals surface area (Å²) in [5.41, 5.74) is 0.223. The molecule has 0 bridgehead atoms. The number of hydrogen-bond acceptors (Lipinski definition) is 6. The second kappa shape index (κ2) is 8.49. The number of ketones is 2. The van der Waals surface area contributed by atoms with Gasteiger partial charge in [-0.3, -0.25) is 19.2 Å². The average Bonchev–Trinajstić information content (AvgIpc) is 2.77. The van der Waals surface area contributed by atoms with Crippen molar-refractivity contribution in [2.75, 3.05) is 6.61 Å². The molecule has 0 radical (unpaired) electrons. The maximum Gasteiger partial charge on any atom is 0.306 e. The van der Waals surface area contributed by atoms with Crippen LogP contribution in [0.1, 0.15) is 78.1 Å². The van der Waals surface area contributed by atoms with Gasteiger partial charge in [0.05, 0.1) is 12.8 Å². The van der Waals surface area contributed by atoms with E-state index in [1.54, 1.807) is 0 Å². The first kappa shape index (κ1) is 23.9. The molecule has 0 aromatic heterocycles. The molecule has 4 aliphatic carbocycles. The standard InChI is InChI=1S/C26H34O7/c1-24-12-9-17(27)14-16(24)5-6-18-19(24)10-13-25(2)20(18)4-3-11-26(25,32)21(28)15-33-23(31)8-7-22(29)30/h10,14,18,20,32H,3-9,11-13,15H2,1-2H3,(H,29,30)/t18-,20+,24+,25+,26+/m1/s1. The second-order valence-corrected chi connectivity index (χ2v) is 10.7. The van der Waals surface area contributed by atoms with Gasteiger partial charge in [-0.1, -0.05) is 31.1 Å². The Kier molecular flexibility index (Phi) is 6.14. The van der Waals surface area contributed by atoms with Crippen LogP contribution in [0.5, 0.6) is 0 Å². The molecule has 0 heterocycles. The summed E-state index contributed by atoms with van der Waals surface area (Å²) in [6.07, 6.45) is 9.10. The van der Waals surface area contributed by atoms with Gasteiger partial charge in [-0.25, -0.2) is 0 Å². The van der Waals surface area contributed by atoms with Crippen molar-refractivity contribution < 1.29 is 34.1 Å². The van der Waals surface area contributed by atoms with Gasteiger partial charge in [0, 0.05) is 17.3 Å². The highest BCUT2D eigenvalue weighted by atomic mass is 16.5. The van der Waals surface area contributed by atoms with Gasteiger partial charge in [0.15, 0.2) is 12.4 Å². The Balaban J connectivity index is 1.56. The van der Waals surface area contributed by atoms with Gasteiger partial charge in [-0.05, 0) is 62.9 Å². The second-order valence-electron chi connectivity index (χ2n) is 10.7. The van der Waals surface area contributed by atoms with Crippen molar-refractivity contribution >= 4 is 23.5 Å². The van der Waals surface area contributed by atoms with Crippen LogP contribution in [0.15, 0.2) is 23.3 Å². The zero-order valence-electron chi connectivity index (χ0n) is 19.5. The van der Waals surface area contributed by atoms with Crippen molar-refractivity contribution in [1.82, 2.24) is 0 Å². The molecular weight excluding hydrogens is 424 g/mol. The van der Waals surface area contributed by atoms with Gasteiger partial charge in [0.1, 0.15) is 5.60 Å². The van der Waals surface area contributed by atoms with Crippen LogP contribution in [0.2, 0.25) is 0 Å². The summed E-state index contributed by atoms with van der Waals surface area (Å²) in [5, 5.41) is 20.4. The predicted molar refractivity (Wildman–Crippen MR) is 119 cm³/mol. The third-order valence-electron chi connectivity index (χ3n) is 9.09. The Morgan fingerprint density at radius 3 is 2.61 bits per heavy atom. The van der Waals surface area contributed by atoms with E-state index in [4.69, 9.17) is 9.84 Å². The first-order chi connectivity index (χ1) is 15.5. The molecule has 0 saturated heterocycles. The van der Waals surface area contributed by atoms with E-state index in [9.17, 15) is 24.3 Å². The lowest BCUT2D eigenvalue weighted by Gasteiger charge is -2.60. The minimum Gasteiger partial charge on any atom is -0.481 e. The summed E-state index contributed by atoms with van der Waals surface area (Å²) in [6.45, 7) is 3.69. The molecule has 7 heteroatoms. The summed E-state index contributed by atoms with van der Waals surface area (Å²) in [7, 11) is 0. The number of esters is 1. The Morgan fingerprint density at radius 2 is 1.88 bits per heavy atom. The Morgan fingerprint density at radius 1 is 1.12 bits per heavy atom. The largest absolute Gasteiger partial charge is 0.481 e. The number of ether oxygens (including phenoxy) is 1. The van der Waals surface area contributed by atoms with E-state index in [0.29, 0.717) is 19.3 Å². The van der Waals surface area contributed by atoms with E-state index < -0.39 is 35.3 Å². The highest BCUT2D eigenvalue weighted by Crippen LogP contribution is 2.64. The summed E-state index contributed by atoms with van der Waals surface area (Å²) in [5.74, 6) is -1.75. The molecule has 0 aromatic carbocycles. The number of allylic oxidation sites excluding steroid dienone is 4. The number of carboxylic acids is 1. The maximum absolute atomic E-state index is 13.2. The van der Waals surface area contributed by atoms with E-state index >= 15 is 0 Å². The number of carboxylic acid groups (broad SMARTS) is 1. The first-order valence-electron chi connectivity index (χ1n) is 12.1. The number of carbonyl (C=O) groups excluding carboxylic acids is 3. The Labute approximate surface area is 194 Å². The lowest BCUT2D eigenvalue weighted by Crippen LogP contribution is -2.62. The highest BCUT2D eigenvalue weighted by molar-refractivity contribution is 5.92.